The average Bonchev–Trinajstić information content (AvgIpc) is 3.27. The molecule has 0 spiro atoms. The Balaban J connectivity index is 1.34. The number of ether oxygens (including phenoxy) is 1. The van der Waals surface area contributed by atoms with Crippen molar-refractivity contribution in [2.45, 2.75) is 19.3 Å². The topological polar surface area (TPSA) is 79.1 Å². The third kappa shape index (κ3) is 3.75. The zero-order valence-electron chi connectivity index (χ0n) is 17.8. The number of piperazine rings is 1. The molecule has 31 heavy (non-hydrogen) atoms. The van der Waals surface area contributed by atoms with Crippen LogP contribution in [0.3, 0.4) is 0 Å². The van der Waals surface area contributed by atoms with Crippen LogP contribution in [0.25, 0.3) is 16.9 Å². The summed E-state index contributed by atoms with van der Waals surface area (Å²) in [6.45, 7) is 4.72. The van der Waals surface area contributed by atoms with Crippen LogP contribution >= 0.6 is 0 Å². The highest BCUT2D eigenvalue weighted by atomic mass is 16.5. The van der Waals surface area contributed by atoms with Crippen LogP contribution < -0.4 is 9.64 Å². The van der Waals surface area contributed by atoms with Crippen molar-refractivity contribution in [1.29, 1.82) is 0 Å². The number of aromatic nitrogens is 4. The Hall–Kier alpha value is -3.36. The van der Waals surface area contributed by atoms with E-state index in [1.807, 2.05) is 38.6 Å². The normalized spacial score (nSPS) is 17.3. The predicted octanol–water partition coefficient (Wildman–Crippen LogP) is 2.53. The van der Waals surface area contributed by atoms with Gasteiger partial charge in [0.15, 0.2) is 5.65 Å². The smallest absolute Gasteiger partial charge is 0.320 e. The fourth-order valence-corrected chi connectivity index (χ4v) is 4.38. The highest BCUT2D eigenvalue weighted by Gasteiger charge is 2.27. The standard InChI is InChI=1S/C22H27N7O2/c1-31-21-17(6-5-9-23-21)18-16-24-19-7-8-20(25-29(18)19)26-12-14-28(15-13-26)22(30)27-10-3-2-4-11-27/h5-9,16H,2-4,10-15H2,1H3. The van der Waals surface area contributed by atoms with Gasteiger partial charge in [-0.3, -0.25) is 0 Å². The summed E-state index contributed by atoms with van der Waals surface area (Å²) in [6.07, 6.45) is 6.96. The van der Waals surface area contributed by atoms with Crippen molar-refractivity contribution in [2.24, 2.45) is 0 Å². The van der Waals surface area contributed by atoms with Gasteiger partial charge >= 0.3 is 6.03 Å². The number of carbonyl (C=O) groups is 1. The summed E-state index contributed by atoms with van der Waals surface area (Å²) >= 11 is 0. The van der Waals surface area contributed by atoms with Crippen LogP contribution in [0.5, 0.6) is 5.88 Å². The van der Waals surface area contributed by atoms with E-state index in [0.29, 0.717) is 19.0 Å². The third-order valence-electron chi connectivity index (χ3n) is 6.09. The number of urea groups is 1. The summed E-state index contributed by atoms with van der Waals surface area (Å²) in [7, 11) is 1.61. The van der Waals surface area contributed by atoms with Crippen molar-refractivity contribution in [3.63, 3.8) is 0 Å². The number of likely N-dealkylation sites (tertiary alicyclic amines) is 1. The molecule has 3 aromatic heterocycles. The van der Waals surface area contributed by atoms with E-state index < -0.39 is 0 Å². The van der Waals surface area contributed by atoms with Gasteiger partial charge in [0.05, 0.1) is 24.6 Å². The lowest BCUT2D eigenvalue weighted by atomic mass is 10.1. The van der Waals surface area contributed by atoms with Gasteiger partial charge in [0, 0.05) is 45.5 Å². The fraction of sp³-hybridized carbons (Fsp3) is 0.455. The Morgan fingerprint density at radius 1 is 0.935 bits per heavy atom. The number of pyridine rings is 1. The summed E-state index contributed by atoms with van der Waals surface area (Å²) in [6, 6.07) is 7.98. The van der Waals surface area contributed by atoms with Crippen molar-refractivity contribution in [3.05, 3.63) is 36.7 Å². The Labute approximate surface area is 181 Å². The molecule has 9 heteroatoms. The Bertz CT molecular complexity index is 1070. The molecule has 2 amide bonds. The monoisotopic (exact) mass is 421 g/mol. The number of methoxy groups -OCH3 is 1. The van der Waals surface area contributed by atoms with Gasteiger partial charge in [0.2, 0.25) is 5.88 Å². The molecular weight excluding hydrogens is 394 g/mol. The van der Waals surface area contributed by atoms with E-state index in [9.17, 15) is 4.79 Å². The highest BCUT2D eigenvalue weighted by molar-refractivity contribution is 5.75. The molecule has 0 bridgehead atoms. The molecule has 0 aromatic carbocycles. The molecule has 2 saturated heterocycles. The minimum atomic E-state index is 0.184. The predicted molar refractivity (Wildman–Crippen MR) is 117 cm³/mol. The van der Waals surface area contributed by atoms with Gasteiger partial charge in [-0.05, 0) is 43.5 Å². The van der Waals surface area contributed by atoms with Crippen molar-refractivity contribution in [3.8, 4) is 17.1 Å². The number of nitrogens with zero attached hydrogens (tertiary/aromatic N) is 7. The second-order valence-corrected chi connectivity index (χ2v) is 7.97. The first-order valence-corrected chi connectivity index (χ1v) is 10.9. The molecule has 0 atom stereocenters. The van der Waals surface area contributed by atoms with E-state index in [4.69, 9.17) is 9.84 Å². The van der Waals surface area contributed by atoms with Gasteiger partial charge in [-0.2, -0.15) is 0 Å². The fourth-order valence-electron chi connectivity index (χ4n) is 4.38. The summed E-state index contributed by atoms with van der Waals surface area (Å²) in [5.74, 6) is 1.42. The van der Waals surface area contributed by atoms with Gasteiger partial charge in [-0.15, -0.1) is 5.10 Å². The molecule has 5 heterocycles. The van der Waals surface area contributed by atoms with E-state index in [1.165, 1.54) is 6.42 Å². The molecule has 2 aliphatic heterocycles. The molecule has 0 radical (unpaired) electrons. The summed E-state index contributed by atoms with van der Waals surface area (Å²) < 4.78 is 7.25. The first-order chi connectivity index (χ1) is 15.2. The van der Waals surface area contributed by atoms with E-state index in [0.717, 1.165) is 61.7 Å². The lowest BCUT2D eigenvalue weighted by molar-refractivity contribution is 0.141. The number of fused-ring (bicyclic) bond motifs is 1. The van der Waals surface area contributed by atoms with E-state index in [1.54, 1.807) is 19.5 Å². The number of amides is 2. The van der Waals surface area contributed by atoms with Crippen LogP contribution in [0.1, 0.15) is 19.3 Å². The number of carbonyl (C=O) groups excluding carboxylic acids is 1. The second-order valence-electron chi connectivity index (χ2n) is 7.97. The Morgan fingerprint density at radius 3 is 2.48 bits per heavy atom. The van der Waals surface area contributed by atoms with Crippen LogP contribution in [0.15, 0.2) is 36.7 Å². The number of hydrogen-bond donors (Lipinski definition) is 0. The maximum Gasteiger partial charge on any atom is 0.320 e. The molecule has 3 aromatic rings. The first kappa shape index (κ1) is 19.6. The summed E-state index contributed by atoms with van der Waals surface area (Å²) in [5.41, 5.74) is 2.45. The number of rotatable bonds is 3. The molecule has 5 rings (SSSR count). The summed E-state index contributed by atoms with van der Waals surface area (Å²) in [5, 5.41) is 4.85. The lowest BCUT2D eigenvalue weighted by Crippen LogP contribution is -2.53. The SMILES string of the molecule is COc1ncccc1-c1cnc2ccc(N3CCN(C(=O)N4CCCCC4)CC3)nn12. The van der Waals surface area contributed by atoms with E-state index >= 15 is 0 Å². The molecule has 0 unspecified atom stereocenters. The third-order valence-corrected chi connectivity index (χ3v) is 6.09. The zero-order chi connectivity index (χ0) is 21.2. The average molecular weight is 422 g/mol. The van der Waals surface area contributed by atoms with Crippen LogP contribution in [-0.4, -0.2) is 81.8 Å². The number of piperidine rings is 1. The molecular formula is C22H27N7O2. The molecule has 2 fully saturated rings. The minimum Gasteiger partial charge on any atom is -0.481 e. The maximum atomic E-state index is 12.8. The number of hydrogen-bond acceptors (Lipinski definition) is 6. The van der Waals surface area contributed by atoms with Crippen LogP contribution in [0.4, 0.5) is 10.6 Å². The van der Waals surface area contributed by atoms with Crippen LogP contribution in [0, 0.1) is 0 Å². The minimum absolute atomic E-state index is 0.184. The number of anilines is 1. The quantitative estimate of drug-likeness (QED) is 0.647. The van der Waals surface area contributed by atoms with Crippen molar-refractivity contribution < 1.29 is 9.53 Å². The van der Waals surface area contributed by atoms with Gasteiger partial charge in [0.25, 0.3) is 0 Å². The highest BCUT2D eigenvalue weighted by Crippen LogP contribution is 2.28. The largest absolute Gasteiger partial charge is 0.481 e. The molecule has 0 aliphatic carbocycles. The Morgan fingerprint density at radius 2 is 1.71 bits per heavy atom. The maximum absolute atomic E-state index is 12.8. The number of imidazole rings is 1. The first-order valence-electron chi connectivity index (χ1n) is 10.9. The van der Waals surface area contributed by atoms with E-state index in [2.05, 4.69) is 14.9 Å². The van der Waals surface area contributed by atoms with Gasteiger partial charge in [-0.1, -0.05) is 0 Å². The zero-order valence-corrected chi connectivity index (χ0v) is 17.8. The van der Waals surface area contributed by atoms with Crippen LogP contribution in [-0.2, 0) is 0 Å². The van der Waals surface area contributed by atoms with Crippen molar-refractivity contribution in [1.82, 2.24) is 29.4 Å². The Kier molecular flexibility index (Phi) is 5.31. The second kappa shape index (κ2) is 8.41. The van der Waals surface area contributed by atoms with Crippen molar-refractivity contribution in [2.75, 3.05) is 51.3 Å². The van der Waals surface area contributed by atoms with Gasteiger partial charge < -0.3 is 19.4 Å². The molecule has 2 aliphatic rings. The van der Waals surface area contributed by atoms with Gasteiger partial charge in [-0.25, -0.2) is 19.3 Å². The summed E-state index contributed by atoms with van der Waals surface area (Å²) in [4.78, 5) is 27.8. The molecule has 162 valence electrons. The van der Waals surface area contributed by atoms with Crippen molar-refractivity contribution >= 4 is 17.5 Å². The molecule has 9 nitrogen and oxygen atoms in total. The van der Waals surface area contributed by atoms with Crippen LogP contribution in [0.2, 0.25) is 0 Å². The van der Waals surface area contributed by atoms with E-state index in [-0.39, 0.29) is 6.03 Å². The van der Waals surface area contributed by atoms with Gasteiger partial charge in [0.1, 0.15) is 5.82 Å². The lowest BCUT2D eigenvalue weighted by Gasteiger charge is -2.38. The molecule has 0 N–H and O–H groups in total. The molecule has 0 saturated carbocycles.